The minimum Gasteiger partial charge on any atom is -0.462 e. The van der Waals surface area contributed by atoms with Gasteiger partial charge in [0.25, 0.3) is 5.91 Å². The molecular formula is C18H25Cl2N3O2S. The predicted molar refractivity (Wildman–Crippen MR) is 109 cm³/mol. The molecule has 0 spiro atoms. The lowest BCUT2D eigenvalue weighted by Crippen LogP contribution is -2.45. The smallest absolute Gasteiger partial charge is 0.273 e. The summed E-state index contributed by atoms with van der Waals surface area (Å²) in [6.45, 7) is 4.74. The van der Waals surface area contributed by atoms with Crippen molar-refractivity contribution in [2.45, 2.75) is 38.6 Å². The van der Waals surface area contributed by atoms with E-state index in [2.05, 4.69) is 10.3 Å². The molecule has 2 aromatic rings. The van der Waals surface area contributed by atoms with Gasteiger partial charge in [-0.2, -0.15) is 0 Å². The van der Waals surface area contributed by atoms with Gasteiger partial charge in [0.15, 0.2) is 10.8 Å². The van der Waals surface area contributed by atoms with Gasteiger partial charge >= 0.3 is 0 Å². The highest BCUT2D eigenvalue weighted by molar-refractivity contribution is 7.15. The zero-order valence-electron chi connectivity index (χ0n) is 14.8. The third kappa shape index (κ3) is 4.80. The van der Waals surface area contributed by atoms with Gasteiger partial charge in [0.2, 0.25) is 0 Å². The van der Waals surface area contributed by atoms with Crippen LogP contribution in [0.1, 0.15) is 41.0 Å². The van der Waals surface area contributed by atoms with Gasteiger partial charge in [-0.15, -0.1) is 36.2 Å². The average Bonchev–Trinajstić information content (AvgIpc) is 3.10. The third-order valence-corrected chi connectivity index (χ3v) is 5.89. The summed E-state index contributed by atoms with van der Waals surface area (Å²) in [4.78, 5) is 20.2. The molecule has 1 N–H and O–H groups in total. The fraction of sp³-hybridized carbons (Fsp3) is 0.556. The van der Waals surface area contributed by atoms with Crippen LogP contribution < -0.4 is 5.32 Å². The molecule has 2 aromatic heterocycles. The first-order chi connectivity index (χ1) is 11.7. The zero-order chi connectivity index (χ0) is 16.5. The molecule has 5 nitrogen and oxygen atoms in total. The normalized spacial score (nSPS) is 17.5. The molecule has 4 rings (SSSR count). The molecule has 1 saturated carbocycles. The number of nitrogens with one attached hydrogen (secondary N) is 1. The maximum Gasteiger partial charge on any atom is 0.273 e. The van der Waals surface area contributed by atoms with E-state index < -0.39 is 0 Å². The van der Waals surface area contributed by atoms with Gasteiger partial charge in [-0.05, 0) is 57.2 Å². The summed E-state index contributed by atoms with van der Waals surface area (Å²) in [6, 6.07) is 4.28. The summed E-state index contributed by atoms with van der Waals surface area (Å²) in [5, 5.41) is 4.43. The van der Waals surface area contributed by atoms with E-state index in [9.17, 15) is 4.79 Å². The summed E-state index contributed by atoms with van der Waals surface area (Å²) < 4.78 is 5.39. The first-order valence-electron chi connectivity index (χ1n) is 8.74. The van der Waals surface area contributed by atoms with E-state index in [-0.39, 0.29) is 30.7 Å². The van der Waals surface area contributed by atoms with E-state index >= 15 is 0 Å². The van der Waals surface area contributed by atoms with E-state index in [1.807, 2.05) is 24.0 Å². The van der Waals surface area contributed by atoms with Crippen molar-refractivity contribution >= 4 is 42.1 Å². The summed E-state index contributed by atoms with van der Waals surface area (Å²) in [5.41, 5.74) is 0.579. The zero-order valence-corrected chi connectivity index (χ0v) is 17.2. The number of halogens is 2. The number of hydrogen-bond donors (Lipinski definition) is 1. The van der Waals surface area contributed by atoms with Crippen molar-refractivity contribution in [2.24, 2.45) is 5.92 Å². The topological polar surface area (TPSA) is 58.4 Å². The molecule has 1 amide bonds. The first kappa shape index (κ1) is 21.2. The van der Waals surface area contributed by atoms with E-state index in [0.717, 1.165) is 54.0 Å². The number of carbonyl (C=O) groups is 1. The van der Waals surface area contributed by atoms with E-state index in [4.69, 9.17) is 4.42 Å². The lowest BCUT2D eigenvalue weighted by Gasteiger charge is -2.32. The maximum atomic E-state index is 12.8. The van der Waals surface area contributed by atoms with Gasteiger partial charge in [-0.3, -0.25) is 4.79 Å². The van der Waals surface area contributed by atoms with E-state index in [0.29, 0.717) is 11.7 Å². The number of amides is 1. The van der Waals surface area contributed by atoms with Crippen LogP contribution in [-0.4, -0.2) is 41.5 Å². The summed E-state index contributed by atoms with van der Waals surface area (Å²) in [6.07, 6.45) is 6.46. The molecule has 0 atom stereocenters. The number of hydrogen-bond acceptors (Lipinski definition) is 5. The van der Waals surface area contributed by atoms with Crippen molar-refractivity contribution in [3.05, 3.63) is 29.0 Å². The Hall–Kier alpha value is -1.08. The van der Waals surface area contributed by atoms with Gasteiger partial charge in [0, 0.05) is 24.0 Å². The van der Waals surface area contributed by atoms with Crippen molar-refractivity contribution < 1.29 is 9.21 Å². The predicted octanol–water partition coefficient (Wildman–Crippen LogP) is 4.16. The Bertz CT molecular complexity index is 708. The quantitative estimate of drug-likeness (QED) is 0.792. The van der Waals surface area contributed by atoms with Crippen LogP contribution in [0.5, 0.6) is 0 Å². The first-order valence-corrected chi connectivity index (χ1v) is 9.56. The number of likely N-dealkylation sites (tertiary alicyclic amines) is 1. The highest BCUT2D eigenvalue weighted by Gasteiger charge is 2.28. The highest BCUT2D eigenvalue weighted by Crippen LogP contribution is 2.30. The SMILES string of the molecule is Cc1sc(-c2ccco2)nc1C(=O)N1CCC(NCC2CC2)CC1.Cl.Cl. The van der Waals surface area contributed by atoms with Crippen LogP contribution in [0, 0.1) is 12.8 Å². The van der Waals surface area contributed by atoms with Crippen LogP contribution in [-0.2, 0) is 0 Å². The molecule has 0 unspecified atom stereocenters. The molecule has 0 radical (unpaired) electrons. The van der Waals surface area contributed by atoms with Crippen LogP contribution >= 0.6 is 36.2 Å². The molecule has 2 fully saturated rings. The highest BCUT2D eigenvalue weighted by atomic mass is 35.5. The Kier molecular flexibility index (Phi) is 7.52. The standard InChI is InChI=1S/C18H23N3O2S.2ClH/c1-12-16(20-17(24-12)15-3-2-10-23-15)18(22)21-8-6-14(7-9-21)19-11-13-4-5-13;;/h2-3,10,13-14,19H,4-9,11H2,1H3;2*1H. The van der Waals surface area contributed by atoms with Crippen molar-refractivity contribution in [2.75, 3.05) is 19.6 Å². The van der Waals surface area contributed by atoms with Crippen molar-refractivity contribution in [3.63, 3.8) is 0 Å². The number of piperidine rings is 1. The number of aromatic nitrogens is 1. The minimum absolute atomic E-state index is 0. The Morgan fingerprint density at radius 1 is 1.31 bits per heavy atom. The molecule has 0 bridgehead atoms. The fourth-order valence-corrected chi connectivity index (χ4v) is 4.07. The Morgan fingerprint density at radius 3 is 2.65 bits per heavy atom. The molecule has 1 aliphatic heterocycles. The lowest BCUT2D eigenvalue weighted by molar-refractivity contribution is 0.0699. The monoisotopic (exact) mass is 417 g/mol. The molecule has 144 valence electrons. The van der Waals surface area contributed by atoms with Gasteiger partial charge < -0.3 is 14.6 Å². The Morgan fingerprint density at radius 2 is 2.04 bits per heavy atom. The number of carbonyl (C=O) groups excluding carboxylic acids is 1. The summed E-state index contributed by atoms with van der Waals surface area (Å²) >= 11 is 1.52. The van der Waals surface area contributed by atoms with Gasteiger partial charge in [0.1, 0.15) is 5.69 Å². The third-order valence-electron chi connectivity index (χ3n) is 4.91. The van der Waals surface area contributed by atoms with Gasteiger partial charge in [0.05, 0.1) is 6.26 Å². The molecular weight excluding hydrogens is 393 g/mol. The number of furan rings is 1. The fourth-order valence-electron chi connectivity index (χ4n) is 3.19. The van der Waals surface area contributed by atoms with Crippen LogP contribution in [0.25, 0.3) is 10.8 Å². The minimum atomic E-state index is 0. The second-order valence-electron chi connectivity index (χ2n) is 6.82. The molecule has 26 heavy (non-hydrogen) atoms. The second-order valence-corrected chi connectivity index (χ2v) is 8.02. The molecule has 2 aliphatic rings. The lowest BCUT2D eigenvalue weighted by atomic mass is 10.0. The molecule has 3 heterocycles. The van der Waals surface area contributed by atoms with Crippen molar-refractivity contribution in [3.8, 4) is 10.8 Å². The van der Waals surface area contributed by atoms with Gasteiger partial charge in [-0.25, -0.2) is 4.98 Å². The maximum absolute atomic E-state index is 12.8. The Balaban J connectivity index is 0.00000121. The van der Waals surface area contributed by atoms with Crippen LogP contribution in [0.3, 0.4) is 0 Å². The number of aryl methyl sites for hydroxylation is 1. The number of nitrogens with zero attached hydrogens (tertiary/aromatic N) is 2. The van der Waals surface area contributed by atoms with Gasteiger partial charge in [-0.1, -0.05) is 0 Å². The van der Waals surface area contributed by atoms with Crippen LogP contribution in [0.15, 0.2) is 22.8 Å². The Labute approximate surface area is 170 Å². The molecule has 0 aromatic carbocycles. The largest absolute Gasteiger partial charge is 0.462 e. The molecule has 8 heteroatoms. The van der Waals surface area contributed by atoms with Crippen molar-refractivity contribution in [1.29, 1.82) is 0 Å². The number of rotatable bonds is 5. The summed E-state index contributed by atoms with van der Waals surface area (Å²) in [5.74, 6) is 1.69. The molecule has 1 saturated heterocycles. The van der Waals surface area contributed by atoms with E-state index in [1.54, 1.807) is 6.26 Å². The number of thiazole rings is 1. The second kappa shape index (κ2) is 9.22. The summed E-state index contributed by atoms with van der Waals surface area (Å²) in [7, 11) is 0. The van der Waals surface area contributed by atoms with E-state index in [1.165, 1.54) is 24.2 Å². The van der Waals surface area contributed by atoms with Crippen LogP contribution in [0.4, 0.5) is 0 Å². The van der Waals surface area contributed by atoms with Crippen molar-refractivity contribution in [1.82, 2.24) is 15.2 Å². The average molecular weight is 418 g/mol. The van der Waals surface area contributed by atoms with Crippen LogP contribution in [0.2, 0.25) is 0 Å². The molecule has 1 aliphatic carbocycles.